The smallest absolute Gasteiger partial charge is 0.255 e. The molecule has 0 saturated heterocycles. The number of rotatable bonds is 5. The summed E-state index contributed by atoms with van der Waals surface area (Å²) in [6.07, 6.45) is 4.08. The number of aromatic amines is 1. The van der Waals surface area contributed by atoms with Gasteiger partial charge < -0.3 is 15.0 Å². The molecule has 19 heavy (non-hydrogen) atoms. The Bertz CT molecular complexity index is 555. The lowest BCUT2D eigenvalue weighted by Gasteiger charge is -2.09. The summed E-state index contributed by atoms with van der Waals surface area (Å²) < 4.78 is 6.07. The summed E-state index contributed by atoms with van der Waals surface area (Å²) in [7, 11) is 1.54. The maximum atomic E-state index is 12.0. The number of ether oxygens (including phenoxy) is 1. The highest BCUT2D eigenvalue weighted by Gasteiger charge is 2.11. The van der Waals surface area contributed by atoms with E-state index in [1.807, 2.05) is 6.07 Å². The number of nitrogens with zero attached hydrogens (tertiary/aromatic N) is 1. The van der Waals surface area contributed by atoms with Crippen LogP contribution in [-0.4, -0.2) is 29.5 Å². The van der Waals surface area contributed by atoms with Crippen molar-refractivity contribution >= 4 is 21.8 Å². The summed E-state index contributed by atoms with van der Waals surface area (Å²) in [6, 6.07) is 5.31. The first-order valence-corrected chi connectivity index (χ1v) is 6.59. The molecule has 0 bridgehead atoms. The van der Waals surface area contributed by atoms with Crippen LogP contribution >= 0.6 is 15.9 Å². The van der Waals surface area contributed by atoms with Crippen LogP contribution in [-0.2, 0) is 6.42 Å². The van der Waals surface area contributed by atoms with Gasteiger partial charge in [-0.15, -0.1) is 0 Å². The number of carbonyl (C=O) groups is 1. The Morgan fingerprint density at radius 3 is 3.05 bits per heavy atom. The normalized spacial score (nSPS) is 10.2. The number of hydrogen-bond donors (Lipinski definition) is 2. The van der Waals surface area contributed by atoms with Crippen molar-refractivity contribution in [3.05, 3.63) is 46.5 Å². The Labute approximate surface area is 119 Å². The van der Waals surface area contributed by atoms with Crippen molar-refractivity contribution in [3.8, 4) is 5.75 Å². The van der Waals surface area contributed by atoms with E-state index in [0.29, 0.717) is 24.3 Å². The fraction of sp³-hybridized carbons (Fsp3) is 0.231. The second kappa shape index (κ2) is 6.38. The first-order chi connectivity index (χ1) is 9.20. The summed E-state index contributed by atoms with van der Waals surface area (Å²) in [5.74, 6) is 0.400. The molecule has 6 heteroatoms. The molecule has 2 N–H and O–H groups in total. The maximum absolute atomic E-state index is 12.0. The number of imidazole rings is 1. The number of carbonyl (C=O) groups excluding carboxylic acids is 1. The van der Waals surface area contributed by atoms with E-state index < -0.39 is 0 Å². The van der Waals surface area contributed by atoms with Crippen molar-refractivity contribution in [1.29, 1.82) is 0 Å². The number of amides is 1. The number of benzene rings is 1. The van der Waals surface area contributed by atoms with Crippen molar-refractivity contribution in [2.75, 3.05) is 13.7 Å². The van der Waals surface area contributed by atoms with Gasteiger partial charge in [-0.3, -0.25) is 4.79 Å². The number of nitrogens with one attached hydrogen (secondary N) is 2. The van der Waals surface area contributed by atoms with Crippen molar-refractivity contribution in [2.45, 2.75) is 6.42 Å². The third-order valence-electron chi connectivity index (χ3n) is 2.64. The summed E-state index contributed by atoms with van der Waals surface area (Å²) in [4.78, 5) is 18.9. The van der Waals surface area contributed by atoms with Gasteiger partial charge >= 0.3 is 0 Å². The minimum Gasteiger partial charge on any atom is -0.496 e. The van der Waals surface area contributed by atoms with E-state index in [9.17, 15) is 4.79 Å². The summed E-state index contributed by atoms with van der Waals surface area (Å²) in [5.41, 5.74) is 1.51. The van der Waals surface area contributed by atoms with Gasteiger partial charge in [0.1, 0.15) is 5.75 Å². The fourth-order valence-corrected chi connectivity index (χ4v) is 2.02. The molecule has 0 fully saturated rings. The van der Waals surface area contributed by atoms with Crippen LogP contribution in [0.3, 0.4) is 0 Å². The third-order valence-corrected chi connectivity index (χ3v) is 3.14. The topological polar surface area (TPSA) is 67.0 Å². The molecule has 1 aromatic heterocycles. The second-order valence-corrected chi connectivity index (χ2v) is 4.84. The molecule has 0 aliphatic heterocycles. The summed E-state index contributed by atoms with van der Waals surface area (Å²) in [5, 5.41) is 2.85. The monoisotopic (exact) mass is 323 g/mol. The molecule has 2 aromatic rings. The minimum atomic E-state index is -0.149. The highest BCUT2D eigenvalue weighted by Crippen LogP contribution is 2.23. The number of hydrogen-bond acceptors (Lipinski definition) is 3. The lowest BCUT2D eigenvalue weighted by atomic mass is 10.2. The first kappa shape index (κ1) is 13.6. The van der Waals surface area contributed by atoms with Crippen molar-refractivity contribution < 1.29 is 9.53 Å². The molecule has 0 spiro atoms. The van der Waals surface area contributed by atoms with Gasteiger partial charge in [-0.05, 0) is 18.2 Å². The Hall–Kier alpha value is -1.82. The third kappa shape index (κ3) is 3.57. The van der Waals surface area contributed by atoms with Gasteiger partial charge in [-0.25, -0.2) is 4.98 Å². The van der Waals surface area contributed by atoms with Crippen LogP contribution in [0, 0.1) is 0 Å². The quantitative estimate of drug-likeness (QED) is 0.886. The van der Waals surface area contributed by atoms with Crippen LogP contribution in [0.15, 0.2) is 35.2 Å². The van der Waals surface area contributed by atoms with Crippen LogP contribution in [0.5, 0.6) is 5.75 Å². The molecular formula is C13H14BrN3O2. The number of halogens is 1. The molecule has 0 aliphatic rings. The molecule has 5 nitrogen and oxygen atoms in total. The van der Waals surface area contributed by atoms with Crippen molar-refractivity contribution in [3.63, 3.8) is 0 Å². The lowest BCUT2D eigenvalue weighted by molar-refractivity contribution is 0.0951. The van der Waals surface area contributed by atoms with Crippen LogP contribution in [0.1, 0.15) is 16.1 Å². The van der Waals surface area contributed by atoms with E-state index in [0.717, 1.165) is 10.2 Å². The Kier molecular flexibility index (Phi) is 4.57. The molecule has 0 atom stereocenters. The van der Waals surface area contributed by atoms with E-state index in [1.165, 1.54) is 0 Å². The molecule has 2 rings (SSSR count). The van der Waals surface area contributed by atoms with Crippen LogP contribution in [0.2, 0.25) is 0 Å². The van der Waals surface area contributed by atoms with E-state index in [-0.39, 0.29) is 5.91 Å². The van der Waals surface area contributed by atoms with Gasteiger partial charge in [0.2, 0.25) is 0 Å². The van der Waals surface area contributed by atoms with Crippen molar-refractivity contribution in [2.24, 2.45) is 0 Å². The highest BCUT2D eigenvalue weighted by molar-refractivity contribution is 9.10. The van der Waals surface area contributed by atoms with Gasteiger partial charge in [0.05, 0.1) is 19.0 Å². The molecule has 1 heterocycles. The van der Waals surface area contributed by atoms with E-state index >= 15 is 0 Å². The van der Waals surface area contributed by atoms with E-state index in [1.54, 1.807) is 31.8 Å². The van der Waals surface area contributed by atoms with Crippen LogP contribution < -0.4 is 10.1 Å². The molecule has 100 valence electrons. The molecule has 0 radical (unpaired) electrons. The highest BCUT2D eigenvalue weighted by atomic mass is 79.9. The predicted molar refractivity (Wildman–Crippen MR) is 75.3 cm³/mol. The van der Waals surface area contributed by atoms with E-state index in [4.69, 9.17) is 4.74 Å². The average Bonchev–Trinajstić information content (AvgIpc) is 2.91. The van der Waals surface area contributed by atoms with Gasteiger partial charge in [-0.1, -0.05) is 15.9 Å². The first-order valence-electron chi connectivity index (χ1n) is 5.79. The maximum Gasteiger partial charge on any atom is 0.255 e. The Morgan fingerprint density at radius 2 is 2.37 bits per heavy atom. The SMILES string of the molecule is COc1cc(Br)ccc1C(=O)NCCc1cnc[nH]1. The summed E-state index contributed by atoms with van der Waals surface area (Å²) >= 11 is 3.34. The zero-order valence-electron chi connectivity index (χ0n) is 10.4. The van der Waals surface area contributed by atoms with Crippen molar-refractivity contribution in [1.82, 2.24) is 15.3 Å². The Morgan fingerprint density at radius 1 is 1.53 bits per heavy atom. The molecular weight excluding hydrogens is 310 g/mol. The van der Waals surface area contributed by atoms with Gasteiger partial charge in [0.15, 0.2) is 0 Å². The van der Waals surface area contributed by atoms with Gasteiger partial charge in [-0.2, -0.15) is 0 Å². The fourth-order valence-electron chi connectivity index (χ4n) is 1.68. The molecule has 1 amide bonds. The predicted octanol–water partition coefficient (Wildman–Crippen LogP) is 2.15. The largest absolute Gasteiger partial charge is 0.496 e. The molecule has 1 aromatic carbocycles. The zero-order valence-corrected chi connectivity index (χ0v) is 12.0. The molecule has 0 aliphatic carbocycles. The second-order valence-electron chi connectivity index (χ2n) is 3.93. The number of aromatic nitrogens is 2. The number of H-pyrrole nitrogens is 1. The standard InChI is InChI=1S/C13H14BrN3O2/c1-19-12-6-9(14)2-3-11(12)13(18)16-5-4-10-7-15-8-17-10/h2-3,6-8H,4-5H2,1H3,(H,15,17)(H,16,18). The van der Waals surface area contributed by atoms with Gasteiger partial charge in [0, 0.05) is 29.3 Å². The van der Waals surface area contributed by atoms with Crippen LogP contribution in [0.4, 0.5) is 0 Å². The van der Waals surface area contributed by atoms with E-state index in [2.05, 4.69) is 31.2 Å². The summed E-state index contributed by atoms with van der Waals surface area (Å²) in [6.45, 7) is 0.542. The lowest BCUT2D eigenvalue weighted by Crippen LogP contribution is -2.26. The zero-order chi connectivity index (χ0) is 13.7. The van der Waals surface area contributed by atoms with Gasteiger partial charge in [0.25, 0.3) is 5.91 Å². The molecule has 0 unspecified atom stereocenters. The average molecular weight is 324 g/mol. The number of methoxy groups -OCH3 is 1. The Balaban J connectivity index is 1.96. The minimum absolute atomic E-state index is 0.149. The van der Waals surface area contributed by atoms with Crippen LogP contribution in [0.25, 0.3) is 0 Å². The molecule has 0 saturated carbocycles.